The summed E-state index contributed by atoms with van der Waals surface area (Å²) in [7, 11) is 0. The lowest BCUT2D eigenvalue weighted by Crippen LogP contribution is -2.18. The predicted octanol–water partition coefficient (Wildman–Crippen LogP) is 4.55. The molecule has 0 radical (unpaired) electrons. The van der Waals surface area contributed by atoms with Crippen LogP contribution in [0.2, 0.25) is 0 Å². The van der Waals surface area contributed by atoms with Crippen LogP contribution in [0.1, 0.15) is 28.5 Å². The van der Waals surface area contributed by atoms with Gasteiger partial charge in [0.15, 0.2) is 5.13 Å². The number of nitrogens with one attached hydrogen (secondary N) is 3. The van der Waals surface area contributed by atoms with Gasteiger partial charge >= 0.3 is 6.18 Å². The first-order valence-electron chi connectivity index (χ1n) is 9.21. The van der Waals surface area contributed by atoms with Crippen LogP contribution in [-0.4, -0.2) is 22.7 Å². The van der Waals surface area contributed by atoms with Crippen molar-refractivity contribution in [2.45, 2.75) is 19.5 Å². The molecule has 3 amide bonds. The van der Waals surface area contributed by atoms with Gasteiger partial charge in [0.05, 0.1) is 29.1 Å². The lowest BCUT2D eigenvalue weighted by molar-refractivity contribution is -0.137. The molecule has 0 saturated carbocycles. The number of nitrogens with zero attached hydrogens (tertiary/aromatic N) is 1. The Balaban J connectivity index is 1.69. The molecule has 166 valence electrons. The number of hydrogen-bond donors (Lipinski definition) is 3. The van der Waals surface area contributed by atoms with Gasteiger partial charge in [-0.1, -0.05) is 18.2 Å². The molecule has 3 aromatic rings. The first-order chi connectivity index (χ1) is 15.1. The molecular weight excluding hydrogens is 445 g/mol. The van der Waals surface area contributed by atoms with Gasteiger partial charge in [-0.25, -0.2) is 4.98 Å². The number of thiazole rings is 1. The Bertz CT molecular complexity index is 1150. The van der Waals surface area contributed by atoms with Crippen LogP contribution in [0.25, 0.3) is 0 Å². The smallest absolute Gasteiger partial charge is 0.325 e. The molecule has 0 aliphatic carbocycles. The highest BCUT2D eigenvalue weighted by Gasteiger charge is 2.31. The zero-order chi connectivity index (χ0) is 23.3. The van der Waals surface area contributed by atoms with Crippen molar-refractivity contribution in [1.29, 1.82) is 0 Å². The molecular formula is C21H17F3N4O3S. The molecule has 0 spiro atoms. The fourth-order valence-electron chi connectivity index (χ4n) is 2.69. The zero-order valence-corrected chi connectivity index (χ0v) is 17.4. The molecule has 0 saturated heterocycles. The van der Waals surface area contributed by atoms with Crippen molar-refractivity contribution in [3.63, 3.8) is 0 Å². The van der Waals surface area contributed by atoms with Crippen molar-refractivity contribution >= 4 is 45.6 Å². The quantitative estimate of drug-likeness (QED) is 0.500. The van der Waals surface area contributed by atoms with Gasteiger partial charge in [-0.2, -0.15) is 13.2 Å². The fraction of sp³-hybridized carbons (Fsp3) is 0.143. The minimum Gasteiger partial charge on any atom is -0.325 e. The van der Waals surface area contributed by atoms with Gasteiger partial charge in [0, 0.05) is 17.9 Å². The molecule has 0 unspecified atom stereocenters. The van der Waals surface area contributed by atoms with Crippen LogP contribution in [-0.2, 0) is 22.2 Å². The maximum atomic E-state index is 13.0. The lowest BCUT2D eigenvalue weighted by Gasteiger charge is -2.14. The SMILES string of the molecule is CC(=O)Nc1ccc(C(F)(F)F)cc1NC(=O)Cc1csc(NC(=O)c2ccccc2)n1. The second kappa shape index (κ2) is 9.60. The van der Waals surface area contributed by atoms with Crippen LogP contribution < -0.4 is 16.0 Å². The van der Waals surface area contributed by atoms with E-state index in [4.69, 9.17) is 0 Å². The Hall–Kier alpha value is -3.73. The number of rotatable bonds is 6. The highest BCUT2D eigenvalue weighted by molar-refractivity contribution is 7.14. The number of hydrogen-bond acceptors (Lipinski definition) is 5. The van der Waals surface area contributed by atoms with Crippen molar-refractivity contribution in [1.82, 2.24) is 4.98 Å². The molecule has 32 heavy (non-hydrogen) atoms. The van der Waals surface area contributed by atoms with Crippen molar-refractivity contribution < 1.29 is 27.6 Å². The number of anilines is 3. The third-order valence-corrected chi connectivity index (χ3v) is 4.89. The molecule has 1 aromatic heterocycles. The Morgan fingerprint density at radius 3 is 2.34 bits per heavy atom. The zero-order valence-electron chi connectivity index (χ0n) is 16.6. The number of carbonyl (C=O) groups is 3. The number of alkyl halides is 3. The van der Waals surface area contributed by atoms with Crippen LogP contribution in [0.3, 0.4) is 0 Å². The van der Waals surface area contributed by atoms with E-state index < -0.39 is 23.6 Å². The number of aromatic nitrogens is 1. The van der Waals surface area contributed by atoms with Crippen molar-refractivity contribution in [3.05, 3.63) is 70.7 Å². The second-order valence-electron chi connectivity index (χ2n) is 6.63. The molecule has 0 atom stereocenters. The summed E-state index contributed by atoms with van der Waals surface area (Å²) < 4.78 is 39.1. The molecule has 3 N–H and O–H groups in total. The third kappa shape index (κ3) is 6.14. The molecule has 7 nitrogen and oxygen atoms in total. The van der Waals surface area contributed by atoms with Gasteiger partial charge < -0.3 is 10.6 Å². The summed E-state index contributed by atoms with van der Waals surface area (Å²) in [6, 6.07) is 11.1. The molecule has 0 bridgehead atoms. The van der Waals surface area contributed by atoms with Crippen molar-refractivity contribution in [2.24, 2.45) is 0 Å². The number of halogens is 3. The average molecular weight is 462 g/mol. The number of carbonyl (C=O) groups excluding carboxylic acids is 3. The molecule has 2 aromatic carbocycles. The monoisotopic (exact) mass is 462 g/mol. The topological polar surface area (TPSA) is 100 Å². The van der Waals surface area contributed by atoms with Gasteiger partial charge in [-0.05, 0) is 30.3 Å². The molecule has 3 rings (SSSR count). The Morgan fingerprint density at radius 2 is 1.69 bits per heavy atom. The van der Waals surface area contributed by atoms with E-state index in [2.05, 4.69) is 20.9 Å². The van der Waals surface area contributed by atoms with Gasteiger partial charge in [0.25, 0.3) is 5.91 Å². The second-order valence-corrected chi connectivity index (χ2v) is 7.49. The van der Waals surface area contributed by atoms with E-state index in [0.717, 1.165) is 29.5 Å². The van der Waals surface area contributed by atoms with Gasteiger partial charge in [-0.15, -0.1) is 11.3 Å². The highest BCUT2D eigenvalue weighted by Crippen LogP contribution is 2.34. The van der Waals surface area contributed by atoms with Gasteiger partial charge in [0.1, 0.15) is 0 Å². The van der Waals surface area contributed by atoms with E-state index in [1.807, 2.05) is 0 Å². The van der Waals surface area contributed by atoms with E-state index in [1.165, 1.54) is 6.92 Å². The largest absolute Gasteiger partial charge is 0.416 e. The van der Waals surface area contributed by atoms with Crippen LogP contribution in [0.5, 0.6) is 0 Å². The number of benzene rings is 2. The summed E-state index contributed by atoms with van der Waals surface area (Å²) >= 11 is 1.11. The lowest BCUT2D eigenvalue weighted by atomic mass is 10.1. The molecule has 1 heterocycles. The standard InChI is InChI=1S/C21H17F3N4O3S/c1-12(29)25-16-8-7-14(21(22,23)24)9-17(16)27-18(30)10-15-11-32-20(26-15)28-19(31)13-5-3-2-4-6-13/h2-9,11H,10H2,1H3,(H,25,29)(H,27,30)(H,26,28,31). The van der Waals surface area contributed by atoms with E-state index in [-0.39, 0.29) is 28.8 Å². The van der Waals surface area contributed by atoms with Crippen LogP contribution >= 0.6 is 11.3 Å². The predicted molar refractivity (Wildman–Crippen MR) is 115 cm³/mol. The summed E-state index contributed by atoms with van der Waals surface area (Å²) in [5.74, 6) is -1.50. The van der Waals surface area contributed by atoms with Crippen molar-refractivity contribution in [2.75, 3.05) is 16.0 Å². The Morgan fingerprint density at radius 1 is 0.969 bits per heavy atom. The summed E-state index contributed by atoms with van der Waals surface area (Å²) in [5.41, 5.74) is -0.358. The summed E-state index contributed by atoms with van der Waals surface area (Å²) in [4.78, 5) is 40.1. The fourth-order valence-corrected chi connectivity index (χ4v) is 3.39. The van der Waals surface area contributed by atoms with Gasteiger partial charge in [-0.3, -0.25) is 19.7 Å². The Labute approximate surface area is 184 Å². The van der Waals surface area contributed by atoms with Crippen LogP contribution in [0, 0.1) is 0 Å². The molecule has 11 heteroatoms. The Kier molecular flexibility index (Phi) is 6.89. The first-order valence-corrected chi connectivity index (χ1v) is 10.1. The molecule has 0 fully saturated rings. The van der Waals surface area contributed by atoms with Crippen molar-refractivity contribution in [3.8, 4) is 0 Å². The molecule has 0 aliphatic rings. The van der Waals surface area contributed by atoms with E-state index in [0.29, 0.717) is 11.3 Å². The van der Waals surface area contributed by atoms with E-state index >= 15 is 0 Å². The highest BCUT2D eigenvalue weighted by atomic mass is 32.1. The normalized spacial score (nSPS) is 11.0. The third-order valence-electron chi connectivity index (χ3n) is 4.08. The summed E-state index contributed by atoms with van der Waals surface area (Å²) in [6.07, 6.45) is -4.86. The average Bonchev–Trinajstić information content (AvgIpc) is 3.15. The van der Waals surface area contributed by atoms with Gasteiger partial charge in [0.2, 0.25) is 11.8 Å². The minimum absolute atomic E-state index is 0.0351. The summed E-state index contributed by atoms with van der Waals surface area (Å²) in [6.45, 7) is 1.20. The van der Waals surface area contributed by atoms with E-state index in [1.54, 1.807) is 35.7 Å². The molecule has 0 aliphatic heterocycles. The number of amides is 3. The first kappa shape index (κ1) is 22.9. The van der Waals surface area contributed by atoms with Crippen LogP contribution in [0.4, 0.5) is 29.7 Å². The summed E-state index contributed by atoms with van der Waals surface area (Å²) in [5, 5.41) is 9.21. The maximum absolute atomic E-state index is 13.0. The minimum atomic E-state index is -4.62. The van der Waals surface area contributed by atoms with Crippen LogP contribution in [0.15, 0.2) is 53.9 Å². The van der Waals surface area contributed by atoms with E-state index in [9.17, 15) is 27.6 Å². The maximum Gasteiger partial charge on any atom is 0.416 e.